The summed E-state index contributed by atoms with van der Waals surface area (Å²) in [6.45, 7) is 9.81. The zero-order valence-corrected chi connectivity index (χ0v) is 14.2. The molecule has 1 fully saturated rings. The highest BCUT2D eigenvalue weighted by Gasteiger charge is 2.32. The molecule has 1 atom stereocenters. The van der Waals surface area contributed by atoms with E-state index >= 15 is 0 Å². The molecule has 2 rings (SSSR count). The quantitative estimate of drug-likeness (QED) is 0.896. The number of aromatic nitrogens is 1. The minimum absolute atomic E-state index is 0.211. The van der Waals surface area contributed by atoms with Crippen LogP contribution >= 0.6 is 11.3 Å². The Bertz CT molecular complexity index is 489. The van der Waals surface area contributed by atoms with Crippen molar-refractivity contribution in [3.63, 3.8) is 0 Å². The summed E-state index contributed by atoms with van der Waals surface area (Å²) in [5.41, 5.74) is -0.442. The van der Waals surface area contributed by atoms with Gasteiger partial charge in [0.15, 0.2) is 0 Å². The Morgan fingerprint density at radius 2 is 2.10 bits per heavy atom. The largest absolute Gasteiger partial charge is 0.444 e. The lowest BCUT2D eigenvalue weighted by atomic mass is 9.86. The molecule has 1 unspecified atom stereocenters. The number of aryl methyl sites for hydroxylation is 1. The van der Waals surface area contributed by atoms with Gasteiger partial charge in [-0.25, -0.2) is 9.78 Å². The summed E-state index contributed by atoms with van der Waals surface area (Å²) < 4.78 is 5.25. The minimum atomic E-state index is -0.442. The predicted octanol–water partition coefficient (Wildman–Crippen LogP) is 3.16. The van der Waals surface area contributed by atoms with Crippen LogP contribution < -0.4 is 10.6 Å². The third kappa shape index (κ3) is 4.97. The first-order valence-electron chi connectivity index (χ1n) is 7.41. The van der Waals surface area contributed by atoms with Crippen LogP contribution in [-0.4, -0.2) is 28.8 Å². The molecule has 0 spiro atoms. The summed E-state index contributed by atoms with van der Waals surface area (Å²) in [5.74, 6) is 0. The third-order valence-corrected chi connectivity index (χ3v) is 4.45. The number of carbonyl (C=O) groups excluding carboxylic acids is 1. The van der Waals surface area contributed by atoms with Crippen LogP contribution in [0, 0.1) is 6.92 Å². The molecule has 5 nitrogen and oxygen atoms in total. The maximum absolute atomic E-state index is 11.7. The Labute approximate surface area is 130 Å². The molecule has 0 aliphatic heterocycles. The molecule has 0 saturated heterocycles. The summed E-state index contributed by atoms with van der Waals surface area (Å²) in [6.07, 6.45) is 3.46. The van der Waals surface area contributed by atoms with Gasteiger partial charge in [0.1, 0.15) is 10.6 Å². The Morgan fingerprint density at radius 1 is 1.43 bits per heavy atom. The van der Waals surface area contributed by atoms with E-state index < -0.39 is 5.60 Å². The van der Waals surface area contributed by atoms with Crippen molar-refractivity contribution in [2.45, 2.75) is 71.2 Å². The van der Waals surface area contributed by atoms with Gasteiger partial charge >= 0.3 is 6.09 Å². The predicted molar refractivity (Wildman–Crippen MR) is 84.6 cm³/mol. The van der Waals surface area contributed by atoms with E-state index in [2.05, 4.69) is 29.5 Å². The standard InChI is InChI=1S/C15H25N3O2S/c1-9-8-16-13(21-9)10(2)17-11-6-12(7-11)18-14(19)20-15(3,4)5/h8,10-12,17H,6-7H2,1-5H3,(H,18,19). The molecule has 1 aliphatic carbocycles. The number of hydrogen-bond acceptors (Lipinski definition) is 5. The van der Waals surface area contributed by atoms with Gasteiger partial charge in [0, 0.05) is 23.2 Å². The van der Waals surface area contributed by atoms with Crippen molar-refractivity contribution < 1.29 is 9.53 Å². The highest BCUT2D eigenvalue weighted by Crippen LogP contribution is 2.26. The van der Waals surface area contributed by atoms with Crippen molar-refractivity contribution in [1.82, 2.24) is 15.6 Å². The number of rotatable bonds is 4. The Kier molecular flexibility index (Phi) is 4.88. The number of nitrogens with zero attached hydrogens (tertiary/aromatic N) is 1. The van der Waals surface area contributed by atoms with E-state index in [0.29, 0.717) is 6.04 Å². The second-order valence-electron chi connectivity index (χ2n) is 6.71. The van der Waals surface area contributed by atoms with Gasteiger partial charge in [0.2, 0.25) is 0 Å². The average Bonchev–Trinajstić information content (AvgIpc) is 2.70. The van der Waals surface area contributed by atoms with Crippen molar-refractivity contribution >= 4 is 17.4 Å². The van der Waals surface area contributed by atoms with Gasteiger partial charge in [-0.05, 0) is 47.5 Å². The van der Waals surface area contributed by atoms with Gasteiger partial charge in [0.25, 0.3) is 0 Å². The Balaban J connectivity index is 1.68. The number of ether oxygens (including phenoxy) is 1. The van der Waals surface area contributed by atoms with Gasteiger partial charge in [-0.15, -0.1) is 11.3 Å². The summed E-state index contributed by atoms with van der Waals surface area (Å²) >= 11 is 1.73. The van der Waals surface area contributed by atoms with Gasteiger partial charge in [-0.1, -0.05) is 0 Å². The zero-order chi connectivity index (χ0) is 15.6. The first kappa shape index (κ1) is 16.2. The third-order valence-electron chi connectivity index (χ3n) is 3.35. The molecule has 2 N–H and O–H groups in total. The summed E-state index contributed by atoms with van der Waals surface area (Å²) in [4.78, 5) is 17.3. The lowest BCUT2D eigenvalue weighted by molar-refractivity contribution is 0.0463. The van der Waals surface area contributed by atoms with Crippen molar-refractivity contribution in [1.29, 1.82) is 0 Å². The van der Waals surface area contributed by atoms with Crippen LogP contribution in [0.4, 0.5) is 4.79 Å². The van der Waals surface area contributed by atoms with Gasteiger partial charge in [0.05, 0.1) is 6.04 Å². The molecule has 6 heteroatoms. The van der Waals surface area contributed by atoms with Gasteiger partial charge in [-0.2, -0.15) is 0 Å². The fourth-order valence-electron chi connectivity index (χ4n) is 2.34. The van der Waals surface area contributed by atoms with Crippen molar-refractivity contribution in [2.75, 3.05) is 0 Å². The number of alkyl carbamates (subject to hydrolysis) is 1. The van der Waals surface area contributed by atoms with Crippen molar-refractivity contribution in [2.24, 2.45) is 0 Å². The number of amides is 1. The van der Waals surface area contributed by atoms with Crippen LogP contribution in [0.1, 0.15) is 56.5 Å². The summed E-state index contributed by atoms with van der Waals surface area (Å²) in [7, 11) is 0. The van der Waals surface area contributed by atoms with Crippen LogP contribution in [0.25, 0.3) is 0 Å². The highest BCUT2D eigenvalue weighted by atomic mass is 32.1. The molecule has 0 aromatic carbocycles. The lowest BCUT2D eigenvalue weighted by Crippen LogP contribution is -2.53. The molecule has 1 aromatic heterocycles. The van der Waals surface area contributed by atoms with Crippen LogP contribution in [0.15, 0.2) is 6.20 Å². The second-order valence-corrected chi connectivity index (χ2v) is 7.98. The van der Waals surface area contributed by atoms with E-state index in [9.17, 15) is 4.79 Å². The fraction of sp³-hybridized carbons (Fsp3) is 0.733. The van der Waals surface area contributed by atoms with E-state index in [4.69, 9.17) is 4.74 Å². The normalized spacial score (nSPS) is 23.3. The van der Waals surface area contributed by atoms with E-state index in [1.54, 1.807) is 11.3 Å². The van der Waals surface area contributed by atoms with E-state index in [1.807, 2.05) is 27.0 Å². The SMILES string of the molecule is Cc1cnc(C(C)NC2CC(NC(=O)OC(C)(C)C)C2)s1. The summed E-state index contributed by atoms with van der Waals surface area (Å²) in [5, 5.41) is 7.58. The zero-order valence-electron chi connectivity index (χ0n) is 13.4. The van der Waals surface area contributed by atoms with Crippen molar-refractivity contribution in [3.8, 4) is 0 Å². The molecule has 1 aromatic rings. The minimum Gasteiger partial charge on any atom is -0.444 e. The first-order valence-corrected chi connectivity index (χ1v) is 8.22. The number of thiazole rings is 1. The van der Waals surface area contributed by atoms with Crippen LogP contribution in [0.2, 0.25) is 0 Å². The molecule has 1 amide bonds. The van der Waals surface area contributed by atoms with Crippen LogP contribution in [0.3, 0.4) is 0 Å². The van der Waals surface area contributed by atoms with Crippen molar-refractivity contribution in [3.05, 3.63) is 16.1 Å². The summed E-state index contributed by atoms with van der Waals surface area (Å²) in [6, 6.07) is 0.905. The lowest BCUT2D eigenvalue weighted by Gasteiger charge is -2.38. The van der Waals surface area contributed by atoms with E-state index in [1.165, 1.54) is 4.88 Å². The molecular formula is C15H25N3O2S. The van der Waals surface area contributed by atoms with E-state index in [-0.39, 0.29) is 18.2 Å². The van der Waals surface area contributed by atoms with Crippen LogP contribution in [0.5, 0.6) is 0 Å². The van der Waals surface area contributed by atoms with E-state index in [0.717, 1.165) is 17.8 Å². The van der Waals surface area contributed by atoms with Gasteiger partial charge in [-0.3, -0.25) is 0 Å². The molecular weight excluding hydrogens is 286 g/mol. The smallest absolute Gasteiger partial charge is 0.407 e. The molecule has 118 valence electrons. The average molecular weight is 311 g/mol. The molecule has 0 bridgehead atoms. The Morgan fingerprint density at radius 3 is 2.62 bits per heavy atom. The molecule has 0 radical (unpaired) electrons. The maximum atomic E-state index is 11.7. The van der Waals surface area contributed by atoms with Crippen LogP contribution in [-0.2, 0) is 4.74 Å². The molecule has 21 heavy (non-hydrogen) atoms. The first-order chi connectivity index (χ1) is 9.73. The number of hydrogen-bond donors (Lipinski definition) is 2. The number of carbonyl (C=O) groups is 1. The topological polar surface area (TPSA) is 63.2 Å². The highest BCUT2D eigenvalue weighted by molar-refractivity contribution is 7.11. The molecule has 1 heterocycles. The second kappa shape index (κ2) is 6.32. The Hall–Kier alpha value is -1.14. The van der Waals surface area contributed by atoms with Gasteiger partial charge < -0.3 is 15.4 Å². The molecule has 1 saturated carbocycles. The maximum Gasteiger partial charge on any atom is 0.407 e. The fourth-order valence-corrected chi connectivity index (χ4v) is 3.13. The number of nitrogens with one attached hydrogen (secondary N) is 2. The monoisotopic (exact) mass is 311 g/mol. The molecule has 1 aliphatic rings.